The van der Waals surface area contributed by atoms with Gasteiger partial charge in [-0.2, -0.15) is 24.5 Å². The van der Waals surface area contributed by atoms with Gasteiger partial charge < -0.3 is 10.6 Å². The van der Waals surface area contributed by atoms with Gasteiger partial charge in [0.25, 0.3) is 5.91 Å². The van der Waals surface area contributed by atoms with Crippen LogP contribution in [0.4, 0.5) is 18.9 Å². The third-order valence-electron chi connectivity index (χ3n) is 3.39. The van der Waals surface area contributed by atoms with Crippen LogP contribution in [0.15, 0.2) is 46.5 Å². The molecule has 0 radical (unpaired) electrons. The van der Waals surface area contributed by atoms with E-state index in [1.165, 1.54) is 12.1 Å². The van der Waals surface area contributed by atoms with Crippen molar-refractivity contribution in [3.05, 3.63) is 57.7 Å². The lowest BCUT2D eigenvalue weighted by Crippen LogP contribution is -2.33. The van der Waals surface area contributed by atoms with E-state index in [4.69, 9.17) is 0 Å². The zero-order valence-corrected chi connectivity index (χ0v) is 15.0. The van der Waals surface area contributed by atoms with Crippen molar-refractivity contribution in [2.75, 3.05) is 11.9 Å². The van der Waals surface area contributed by atoms with Gasteiger partial charge in [0.2, 0.25) is 0 Å². The number of nitrogens with zero attached hydrogens (tertiary/aromatic N) is 1. The minimum absolute atomic E-state index is 0.174. The average Bonchev–Trinajstić information content (AvgIpc) is 3.29. The first-order valence-electron chi connectivity index (χ1n) is 7.56. The summed E-state index contributed by atoms with van der Waals surface area (Å²) < 4.78 is 36.4. The van der Waals surface area contributed by atoms with Crippen LogP contribution in [-0.4, -0.2) is 23.6 Å². The van der Waals surface area contributed by atoms with Gasteiger partial charge in [-0.15, -0.1) is 11.3 Å². The maximum absolute atomic E-state index is 12.1. The highest BCUT2D eigenvalue weighted by atomic mass is 32.1. The highest BCUT2D eigenvalue weighted by Gasteiger charge is 2.27. The first-order chi connectivity index (χ1) is 12.4. The average molecular weight is 397 g/mol. The standard InChI is InChI=1S/C17H14F3N3OS2/c18-17(19,20)10-22-15(24)11-1-3-13(4-2-11)21-7-14-9-26-16(23-14)12-5-6-25-8-12/h1-6,8-9,21H,7,10H2,(H,22,24). The van der Waals surface area contributed by atoms with Crippen molar-refractivity contribution >= 4 is 34.3 Å². The van der Waals surface area contributed by atoms with Crippen LogP contribution in [0.1, 0.15) is 16.1 Å². The fourth-order valence-corrected chi connectivity index (χ4v) is 3.65. The maximum Gasteiger partial charge on any atom is 0.405 e. The van der Waals surface area contributed by atoms with Crippen molar-refractivity contribution in [1.29, 1.82) is 0 Å². The molecule has 0 atom stereocenters. The molecule has 0 unspecified atom stereocenters. The SMILES string of the molecule is O=C(NCC(F)(F)F)c1ccc(NCc2csc(-c3ccsc3)n2)cc1. The Bertz CT molecular complexity index is 858. The number of rotatable bonds is 6. The van der Waals surface area contributed by atoms with Crippen molar-refractivity contribution in [3.63, 3.8) is 0 Å². The number of benzene rings is 1. The Balaban J connectivity index is 1.54. The van der Waals surface area contributed by atoms with Crippen LogP contribution in [-0.2, 0) is 6.54 Å². The van der Waals surface area contributed by atoms with Gasteiger partial charge in [-0.3, -0.25) is 4.79 Å². The summed E-state index contributed by atoms with van der Waals surface area (Å²) in [5.74, 6) is -0.756. The Labute approximate surface area is 155 Å². The van der Waals surface area contributed by atoms with Crippen LogP contribution in [0.3, 0.4) is 0 Å². The Hall–Kier alpha value is -2.39. The molecule has 4 nitrogen and oxygen atoms in total. The second-order valence-electron chi connectivity index (χ2n) is 5.38. The molecule has 0 aliphatic heterocycles. The number of thiazole rings is 1. The highest BCUT2D eigenvalue weighted by molar-refractivity contribution is 7.14. The van der Waals surface area contributed by atoms with Gasteiger partial charge in [0.1, 0.15) is 11.6 Å². The zero-order chi connectivity index (χ0) is 18.6. The fraction of sp³-hybridized carbons (Fsp3) is 0.176. The van der Waals surface area contributed by atoms with Crippen molar-refractivity contribution in [1.82, 2.24) is 10.3 Å². The van der Waals surface area contributed by atoms with Crippen LogP contribution in [0.5, 0.6) is 0 Å². The van der Waals surface area contributed by atoms with Gasteiger partial charge in [-0.05, 0) is 35.7 Å². The Morgan fingerprint density at radius 3 is 2.54 bits per heavy atom. The number of hydrogen-bond donors (Lipinski definition) is 2. The van der Waals surface area contributed by atoms with E-state index >= 15 is 0 Å². The van der Waals surface area contributed by atoms with E-state index in [2.05, 4.69) is 10.3 Å². The summed E-state index contributed by atoms with van der Waals surface area (Å²) in [6, 6.07) is 8.27. The summed E-state index contributed by atoms with van der Waals surface area (Å²) >= 11 is 3.19. The highest BCUT2D eigenvalue weighted by Crippen LogP contribution is 2.26. The van der Waals surface area contributed by atoms with Crippen molar-refractivity contribution in [3.8, 4) is 10.6 Å². The lowest BCUT2D eigenvalue weighted by Gasteiger charge is -2.09. The number of hydrogen-bond acceptors (Lipinski definition) is 5. The molecule has 2 aromatic heterocycles. The number of nitrogens with one attached hydrogen (secondary N) is 2. The molecule has 3 rings (SSSR count). The molecule has 1 amide bonds. The Kier molecular flexibility index (Phi) is 5.58. The van der Waals surface area contributed by atoms with Crippen LogP contribution >= 0.6 is 22.7 Å². The summed E-state index contributed by atoms with van der Waals surface area (Å²) in [6.45, 7) is -0.831. The van der Waals surface area contributed by atoms with E-state index in [1.54, 1.807) is 34.8 Å². The molecule has 0 saturated heterocycles. The van der Waals surface area contributed by atoms with Gasteiger partial charge in [0.05, 0.1) is 12.2 Å². The molecule has 0 aliphatic rings. The second kappa shape index (κ2) is 7.88. The number of alkyl halides is 3. The predicted molar refractivity (Wildman–Crippen MR) is 97.6 cm³/mol. The quantitative estimate of drug-likeness (QED) is 0.630. The summed E-state index contributed by atoms with van der Waals surface area (Å²) in [5.41, 5.74) is 2.92. The molecule has 1 aromatic carbocycles. The predicted octanol–water partition coefficient (Wildman–Crippen LogP) is 4.78. The molecule has 0 aliphatic carbocycles. The van der Waals surface area contributed by atoms with Crippen LogP contribution in [0, 0.1) is 0 Å². The van der Waals surface area contributed by atoms with Crippen LogP contribution in [0.2, 0.25) is 0 Å². The number of carbonyl (C=O) groups is 1. The van der Waals surface area contributed by atoms with Crippen molar-refractivity contribution in [2.45, 2.75) is 12.7 Å². The number of amides is 1. The molecule has 2 N–H and O–H groups in total. The lowest BCUT2D eigenvalue weighted by atomic mass is 10.2. The molecule has 0 saturated carbocycles. The van der Waals surface area contributed by atoms with Crippen molar-refractivity contribution in [2.24, 2.45) is 0 Å². The van der Waals surface area contributed by atoms with E-state index in [0.717, 1.165) is 22.0 Å². The summed E-state index contributed by atoms with van der Waals surface area (Å²) in [4.78, 5) is 16.2. The van der Waals surface area contributed by atoms with Gasteiger partial charge in [-0.25, -0.2) is 4.98 Å². The van der Waals surface area contributed by atoms with Gasteiger partial charge in [0, 0.05) is 27.6 Å². The number of carbonyl (C=O) groups excluding carboxylic acids is 1. The topological polar surface area (TPSA) is 54.0 Å². The molecule has 3 aromatic rings. The second-order valence-corrected chi connectivity index (χ2v) is 7.02. The Morgan fingerprint density at radius 2 is 1.88 bits per heavy atom. The van der Waals surface area contributed by atoms with Gasteiger partial charge >= 0.3 is 6.18 Å². The first-order valence-corrected chi connectivity index (χ1v) is 9.39. The molecule has 2 heterocycles. The molecule has 0 fully saturated rings. The molecule has 136 valence electrons. The third-order valence-corrected chi connectivity index (χ3v) is 5.01. The number of anilines is 1. The minimum Gasteiger partial charge on any atom is -0.379 e. The lowest BCUT2D eigenvalue weighted by molar-refractivity contribution is -0.123. The van der Waals surface area contributed by atoms with E-state index in [1.807, 2.05) is 27.5 Å². The minimum atomic E-state index is -4.42. The van der Waals surface area contributed by atoms with E-state index in [-0.39, 0.29) is 5.56 Å². The maximum atomic E-state index is 12.1. The van der Waals surface area contributed by atoms with E-state index in [0.29, 0.717) is 6.54 Å². The molecule has 26 heavy (non-hydrogen) atoms. The largest absolute Gasteiger partial charge is 0.405 e. The molecule has 9 heteroatoms. The van der Waals surface area contributed by atoms with E-state index in [9.17, 15) is 18.0 Å². The monoisotopic (exact) mass is 397 g/mol. The molecular weight excluding hydrogens is 383 g/mol. The number of halogens is 3. The number of thiophene rings is 1. The van der Waals surface area contributed by atoms with Gasteiger partial charge in [-0.1, -0.05) is 0 Å². The zero-order valence-electron chi connectivity index (χ0n) is 13.3. The summed E-state index contributed by atoms with van der Waals surface area (Å²) in [6.07, 6.45) is -4.42. The normalized spacial score (nSPS) is 11.3. The fourth-order valence-electron chi connectivity index (χ4n) is 2.12. The summed E-state index contributed by atoms with van der Waals surface area (Å²) in [7, 11) is 0. The molecular formula is C17H14F3N3OS2. The van der Waals surface area contributed by atoms with Crippen molar-refractivity contribution < 1.29 is 18.0 Å². The van der Waals surface area contributed by atoms with Gasteiger partial charge in [0.15, 0.2) is 0 Å². The summed E-state index contributed by atoms with van der Waals surface area (Å²) in [5, 5.41) is 12.0. The first kappa shape index (κ1) is 18.4. The molecule has 0 spiro atoms. The third kappa shape index (κ3) is 5.06. The van der Waals surface area contributed by atoms with Crippen LogP contribution < -0.4 is 10.6 Å². The number of aromatic nitrogens is 1. The Morgan fingerprint density at radius 1 is 1.12 bits per heavy atom. The van der Waals surface area contributed by atoms with E-state index < -0.39 is 18.6 Å². The van der Waals surface area contributed by atoms with Crippen LogP contribution in [0.25, 0.3) is 10.6 Å². The molecule has 0 bridgehead atoms. The smallest absolute Gasteiger partial charge is 0.379 e.